The average molecular weight is 349 g/mol. The highest BCUT2D eigenvalue weighted by atomic mass is 79.9. The van der Waals surface area contributed by atoms with Crippen LogP contribution < -0.4 is 5.32 Å². The minimum atomic E-state index is -0.0251. The van der Waals surface area contributed by atoms with Gasteiger partial charge in [0.1, 0.15) is 5.82 Å². The van der Waals surface area contributed by atoms with Gasteiger partial charge in [0.25, 0.3) is 0 Å². The van der Waals surface area contributed by atoms with Gasteiger partial charge in [0, 0.05) is 31.3 Å². The molecule has 1 amide bonds. The molecular formula is C15H17BrN4O. The van der Waals surface area contributed by atoms with Crippen LogP contribution >= 0.6 is 15.9 Å². The van der Waals surface area contributed by atoms with Crippen LogP contribution in [-0.4, -0.2) is 20.7 Å². The lowest BCUT2D eigenvalue weighted by Crippen LogP contribution is -2.29. The number of carbonyl (C=O) groups excluding carboxylic acids is 1. The number of nitrogens with zero attached hydrogens (tertiary/aromatic N) is 3. The number of hydrogen-bond donors (Lipinski definition) is 1. The SMILES string of the molecule is Cc1cnc(NC(=O)C2CCc3cnn(C)c3C2)c(Br)c1. The van der Waals surface area contributed by atoms with E-state index in [2.05, 4.69) is 31.3 Å². The van der Waals surface area contributed by atoms with E-state index in [1.165, 1.54) is 5.56 Å². The molecule has 21 heavy (non-hydrogen) atoms. The number of halogens is 1. The third-order valence-corrected chi connectivity index (χ3v) is 4.54. The highest BCUT2D eigenvalue weighted by Gasteiger charge is 2.27. The first kappa shape index (κ1) is 14.3. The highest BCUT2D eigenvalue weighted by molar-refractivity contribution is 9.10. The molecule has 0 radical (unpaired) electrons. The molecule has 3 rings (SSSR count). The van der Waals surface area contributed by atoms with Crippen LogP contribution in [0.4, 0.5) is 5.82 Å². The van der Waals surface area contributed by atoms with E-state index in [0.717, 1.165) is 35.0 Å². The number of amides is 1. The van der Waals surface area contributed by atoms with Gasteiger partial charge >= 0.3 is 0 Å². The minimum absolute atomic E-state index is 0.0251. The fraction of sp³-hybridized carbons (Fsp3) is 0.400. The van der Waals surface area contributed by atoms with Crippen molar-refractivity contribution in [1.82, 2.24) is 14.8 Å². The number of rotatable bonds is 2. The third kappa shape index (κ3) is 2.85. The van der Waals surface area contributed by atoms with E-state index >= 15 is 0 Å². The molecule has 0 bridgehead atoms. The molecule has 1 aliphatic carbocycles. The van der Waals surface area contributed by atoms with E-state index < -0.39 is 0 Å². The number of aryl methyl sites for hydroxylation is 3. The van der Waals surface area contributed by atoms with E-state index in [0.29, 0.717) is 5.82 Å². The molecule has 6 heteroatoms. The summed E-state index contributed by atoms with van der Waals surface area (Å²) in [5.41, 5.74) is 3.48. The second-order valence-corrected chi connectivity index (χ2v) is 6.37. The Morgan fingerprint density at radius 1 is 1.48 bits per heavy atom. The van der Waals surface area contributed by atoms with E-state index in [9.17, 15) is 4.79 Å². The smallest absolute Gasteiger partial charge is 0.229 e. The zero-order valence-electron chi connectivity index (χ0n) is 12.1. The standard InChI is InChI=1S/C15H17BrN4O/c1-9-5-12(16)14(17-7-9)19-15(21)10-3-4-11-8-18-20(2)13(11)6-10/h5,7-8,10H,3-4,6H2,1-2H3,(H,17,19,21). The molecule has 0 spiro atoms. The number of carbonyl (C=O) groups is 1. The van der Waals surface area contributed by atoms with Crippen LogP contribution in [0.1, 0.15) is 23.2 Å². The van der Waals surface area contributed by atoms with E-state index in [1.807, 2.05) is 30.9 Å². The van der Waals surface area contributed by atoms with Gasteiger partial charge in [-0.15, -0.1) is 0 Å². The number of anilines is 1. The van der Waals surface area contributed by atoms with Crippen molar-refractivity contribution in [2.24, 2.45) is 13.0 Å². The first-order valence-electron chi connectivity index (χ1n) is 6.97. The van der Waals surface area contributed by atoms with Gasteiger partial charge in [-0.2, -0.15) is 5.10 Å². The van der Waals surface area contributed by atoms with Crippen LogP contribution in [0.3, 0.4) is 0 Å². The van der Waals surface area contributed by atoms with Crippen molar-refractivity contribution in [3.8, 4) is 0 Å². The Kier molecular flexibility index (Phi) is 3.80. The van der Waals surface area contributed by atoms with Crippen molar-refractivity contribution in [1.29, 1.82) is 0 Å². The van der Waals surface area contributed by atoms with Gasteiger partial charge in [-0.05, 0) is 52.9 Å². The molecule has 110 valence electrons. The Hall–Kier alpha value is -1.69. The van der Waals surface area contributed by atoms with Crippen molar-refractivity contribution in [3.05, 3.63) is 39.8 Å². The number of nitrogens with one attached hydrogen (secondary N) is 1. The first-order valence-corrected chi connectivity index (χ1v) is 7.76. The lowest BCUT2D eigenvalue weighted by atomic mass is 9.87. The monoisotopic (exact) mass is 348 g/mol. The highest BCUT2D eigenvalue weighted by Crippen LogP contribution is 2.27. The van der Waals surface area contributed by atoms with Crippen LogP contribution in [0.2, 0.25) is 0 Å². The van der Waals surface area contributed by atoms with E-state index in [4.69, 9.17) is 0 Å². The maximum Gasteiger partial charge on any atom is 0.229 e. The molecule has 2 aromatic rings. The van der Waals surface area contributed by atoms with Crippen molar-refractivity contribution in [3.63, 3.8) is 0 Å². The summed E-state index contributed by atoms with van der Waals surface area (Å²) in [5.74, 6) is 0.586. The Labute approximate surface area is 131 Å². The van der Waals surface area contributed by atoms with E-state index in [1.54, 1.807) is 6.20 Å². The molecule has 2 aromatic heterocycles. The molecule has 0 saturated carbocycles. The fourth-order valence-electron chi connectivity index (χ4n) is 2.71. The maximum atomic E-state index is 12.4. The van der Waals surface area contributed by atoms with Gasteiger partial charge in [-0.25, -0.2) is 4.98 Å². The van der Waals surface area contributed by atoms with Gasteiger partial charge in [0.2, 0.25) is 5.91 Å². The number of fused-ring (bicyclic) bond motifs is 1. The minimum Gasteiger partial charge on any atom is -0.310 e. The Balaban J connectivity index is 1.73. The van der Waals surface area contributed by atoms with E-state index in [-0.39, 0.29) is 11.8 Å². The predicted octanol–water partition coefficient (Wildman–Crippen LogP) is 2.63. The Morgan fingerprint density at radius 2 is 2.29 bits per heavy atom. The number of hydrogen-bond acceptors (Lipinski definition) is 3. The third-order valence-electron chi connectivity index (χ3n) is 3.94. The zero-order chi connectivity index (χ0) is 15.0. The summed E-state index contributed by atoms with van der Waals surface area (Å²) in [4.78, 5) is 16.7. The summed E-state index contributed by atoms with van der Waals surface area (Å²) in [6.45, 7) is 1.97. The first-order chi connectivity index (χ1) is 10.0. The number of aromatic nitrogens is 3. The summed E-state index contributed by atoms with van der Waals surface area (Å²) in [6, 6.07) is 1.95. The molecule has 2 heterocycles. The van der Waals surface area contributed by atoms with Crippen LogP contribution in [0.25, 0.3) is 0 Å². The van der Waals surface area contributed by atoms with Gasteiger partial charge in [-0.1, -0.05) is 0 Å². The van der Waals surface area contributed by atoms with Crippen LogP contribution in [0, 0.1) is 12.8 Å². The molecule has 0 aromatic carbocycles. The normalized spacial score (nSPS) is 17.4. The van der Waals surface area contributed by atoms with Crippen molar-refractivity contribution >= 4 is 27.7 Å². The molecule has 1 unspecified atom stereocenters. The summed E-state index contributed by atoms with van der Waals surface area (Å²) < 4.78 is 2.68. The fourth-order valence-corrected chi connectivity index (χ4v) is 3.28. The Bertz CT molecular complexity index is 695. The molecule has 1 aliphatic rings. The predicted molar refractivity (Wildman–Crippen MR) is 84.0 cm³/mol. The second-order valence-electron chi connectivity index (χ2n) is 5.51. The lowest BCUT2D eigenvalue weighted by Gasteiger charge is -2.22. The number of pyridine rings is 1. The maximum absolute atomic E-state index is 12.4. The quantitative estimate of drug-likeness (QED) is 0.907. The molecule has 0 saturated heterocycles. The van der Waals surface area contributed by atoms with Gasteiger partial charge in [-0.3, -0.25) is 9.48 Å². The topological polar surface area (TPSA) is 59.8 Å². The average Bonchev–Trinajstić information content (AvgIpc) is 2.83. The Morgan fingerprint density at radius 3 is 3.05 bits per heavy atom. The van der Waals surface area contributed by atoms with Crippen molar-refractivity contribution in [2.45, 2.75) is 26.2 Å². The van der Waals surface area contributed by atoms with Gasteiger partial charge < -0.3 is 5.32 Å². The molecule has 1 atom stereocenters. The molecule has 1 N–H and O–H groups in total. The molecular weight excluding hydrogens is 332 g/mol. The van der Waals surface area contributed by atoms with Crippen molar-refractivity contribution in [2.75, 3.05) is 5.32 Å². The largest absolute Gasteiger partial charge is 0.310 e. The van der Waals surface area contributed by atoms with Crippen LogP contribution in [0.15, 0.2) is 22.9 Å². The van der Waals surface area contributed by atoms with Crippen molar-refractivity contribution < 1.29 is 4.79 Å². The zero-order valence-corrected chi connectivity index (χ0v) is 13.6. The van der Waals surface area contributed by atoms with Crippen LogP contribution in [-0.2, 0) is 24.7 Å². The second kappa shape index (κ2) is 5.60. The molecule has 0 aliphatic heterocycles. The summed E-state index contributed by atoms with van der Waals surface area (Å²) >= 11 is 3.44. The summed E-state index contributed by atoms with van der Waals surface area (Å²) in [6.07, 6.45) is 6.15. The van der Waals surface area contributed by atoms with Gasteiger partial charge in [0.15, 0.2) is 0 Å². The summed E-state index contributed by atoms with van der Waals surface area (Å²) in [5, 5.41) is 7.19. The lowest BCUT2D eigenvalue weighted by molar-refractivity contribution is -0.120. The van der Waals surface area contributed by atoms with Gasteiger partial charge in [0.05, 0.1) is 10.7 Å². The molecule has 5 nitrogen and oxygen atoms in total. The van der Waals surface area contributed by atoms with Crippen LogP contribution in [0.5, 0.6) is 0 Å². The summed E-state index contributed by atoms with van der Waals surface area (Å²) in [7, 11) is 1.93. The molecule has 0 fully saturated rings.